The smallest absolute Gasteiger partial charge is 0.139 e. The minimum absolute atomic E-state index is 0.794. The molecule has 1 aromatic heterocycles. The Hall–Kier alpha value is -1.28. The summed E-state index contributed by atoms with van der Waals surface area (Å²) in [5, 5.41) is 0.794. The maximum absolute atomic E-state index is 5.95. The summed E-state index contributed by atoms with van der Waals surface area (Å²) in [5.41, 5.74) is 2.17. The number of aryl methyl sites for hydroxylation is 2. The van der Waals surface area contributed by atoms with Gasteiger partial charge in [0.1, 0.15) is 5.82 Å². The second-order valence-electron chi connectivity index (χ2n) is 3.33. The van der Waals surface area contributed by atoms with Crippen molar-refractivity contribution >= 4 is 11.6 Å². The number of imidazole rings is 1. The molecular formula is C11H11ClN2. The average Bonchev–Trinajstić information content (AvgIpc) is 2.57. The number of rotatable bonds is 1. The van der Waals surface area contributed by atoms with Crippen molar-refractivity contribution in [1.29, 1.82) is 0 Å². The maximum atomic E-state index is 5.95. The number of nitrogens with zero attached hydrogens (tertiary/aromatic N) is 2. The monoisotopic (exact) mass is 206 g/mol. The highest BCUT2D eigenvalue weighted by Gasteiger charge is 2.04. The summed E-state index contributed by atoms with van der Waals surface area (Å²) >= 11 is 5.95. The van der Waals surface area contributed by atoms with Crippen LogP contribution in [0.15, 0.2) is 30.6 Å². The Labute approximate surface area is 88.2 Å². The van der Waals surface area contributed by atoms with Gasteiger partial charge in [-0.15, -0.1) is 0 Å². The predicted octanol–water partition coefficient (Wildman–Crippen LogP) is 3.05. The van der Waals surface area contributed by atoms with Crippen LogP contribution in [0.4, 0.5) is 0 Å². The zero-order valence-electron chi connectivity index (χ0n) is 8.16. The number of halogens is 1. The molecule has 72 valence electrons. The van der Waals surface area contributed by atoms with E-state index in [1.54, 1.807) is 6.20 Å². The van der Waals surface area contributed by atoms with Crippen LogP contribution in [-0.2, 0) is 7.05 Å². The van der Waals surface area contributed by atoms with E-state index in [0.717, 1.165) is 22.0 Å². The Morgan fingerprint density at radius 2 is 2.14 bits per heavy atom. The lowest BCUT2D eigenvalue weighted by Crippen LogP contribution is -1.91. The van der Waals surface area contributed by atoms with Gasteiger partial charge in [-0.2, -0.15) is 0 Å². The Bertz CT molecular complexity index is 460. The molecule has 1 heterocycles. The van der Waals surface area contributed by atoms with Gasteiger partial charge >= 0.3 is 0 Å². The van der Waals surface area contributed by atoms with Gasteiger partial charge in [0.15, 0.2) is 0 Å². The number of hydrogen-bond donors (Lipinski definition) is 0. The third-order valence-corrected chi connectivity index (χ3v) is 2.66. The van der Waals surface area contributed by atoms with Gasteiger partial charge in [0.05, 0.1) is 0 Å². The van der Waals surface area contributed by atoms with Crippen LogP contribution in [0.1, 0.15) is 5.56 Å². The van der Waals surface area contributed by atoms with Gasteiger partial charge in [0.25, 0.3) is 0 Å². The van der Waals surface area contributed by atoms with E-state index in [4.69, 9.17) is 11.6 Å². The SMILES string of the molecule is Cc1cc(-c2nccn2C)ccc1Cl. The molecule has 0 N–H and O–H groups in total. The first-order chi connectivity index (χ1) is 6.68. The van der Waals surface area contributed by atoms with Gasteiger partial charge < -0.3 is 4.57 Å². The Morgan fingerprint density at radius 3 is 2.71 bits per heavy atom. The molecule has 0 bridgehead atoms. The fourth-order valence-corrected chi connectivity index (χ4v) is 1.55. The molecule has 0 fully saturated rings. The fraction of sp³-hybridized carbons (Fsp3) is 0.182. The van der Waals surface area contributed by atoms with Crippen molar-refractivity contribution in [3.8, 4) is 11.4 Å². The highest BCUT2D eigenvalue weighted by Crippen LogP contribution is 2.22. The molecule has 0 unspecified atom stereocenters. The lowest BCUT2D eigenvalue weighted by atomic mass is 10.1. The van der Waals surface area contributed by atoms with E-state index in [-0.39, 0.29) is 0 Å². The summed E-state index contributed by atoms with van der Waals surface area (Å²) in [4.78, 5) is 4.28. The highest BCUT2D eigenvalue weighted by atomic mass is 35.5. The van der Waals surface area contributed by atoms with E-state index >= 15 is 0 Å². The summed E-state index contributed by atoms with van der Waals surface area (Å²) in [6, 6.07) is 5.93. The largest absolute Gasteiger partial charge is 0.334 e. The zero-order valence-corrected chi connectivity index (χ0v) is 8.92. The molecule has 0 radical (unpaired) electrons. The summed E-state index contributed by atoms with van der Waals surface area (Å²) in [7, 11) is 1.98. The number of hydrogen-bond acceptors (Lipinski definition) is 1. The second-order valence-corrected chi connectivity index (χ2v) is 3.73. The molecule has 14 heavy (non-hydrogen) atoms. The highest BCUT2D eigenvalue weighted by molar-refractivity contribution is 6.31. The van der Waals surface area contributed by atoms with Crippen LogP contribution in [0.25, 0.3) is 11.4 Å². The molecule has 0 atom stereocenters. The molecule has 2 aromatic rings. The molecule has 0 amide bonds. The predicted molar refractivity (Wildman–Crippen MR) is 58.4 cm³/mol. The average molecular weight is 207 g/mol. The minimum atomic E-state index is 0.794. The maximum Gasteiger partial charge on any atom is 0.139 e. The number of aromatic nitrogens is 2. The lowest BCUT2D eigenvalue weighted by Gasteiger charge is -2.03. The molecule has 2 rings (SSSR count). The second kappa shape index (κ2) is 3.46. The van der Waals surface area contributed by atoms with Gasteiger partial charge in [-0.05, 0) is 30.7 Å². The molecule has 1 aromatic carbocycles. The van der Waals surface area contributed by atoms with E-state index in [9.17, 15) is 0 Å². The molecule has 0 aliphatic carbocycles. The molecular weight excluding hydrogens is 196 g/mol. The first-order valence-electron chi connectivity index (χ1n) is 4.42. The van der Waals surface area contributed by atoms with E-state index < -0.39 is 0 Å². The molecule has 0 spiro atoms. The van der Waals surface area contributed by atoms with Crippen LogP contribution >= 0.6 is 11.6 Å². The van der Waals surface area contributed by atoms with Crippen molar-refractivity contribution in [3.63, 3.8) is 0 Å². The number of benzene rings is 1. The van der Waals surface area contributed by atoms with Crippen LogP contribution in [0.5, 0.6) is 0 Å². The van der Waals surface area contributed by atoms with Gasteiger partial charge in [0, 0.05) is 30.0 Å². The van der Waals surface area contributed by atoms with Crippen LogP contribution in [0.2, 0.25) is 5.02 Å². The first kappa shape index (κ1) is 9.28. The summed E-state index contributed by atoms with van der Waals surface area (Å²) < 4.78 is 1.99. The minimum Gasteiger partial charge on any atom is -0.334 e. The van der Waals surface area contributed by atoms with E-state index in [1.807, 2.05) is 42.9 Å². The lowest BCUT2D eigenvalue weighted by molar-refractivity contribution is 0.924. The summed E-state index contributed by atoms with van der Waals surface area (Å²) in [6.07, 6.45) is 3.72. The van der Waals surface area contributed by atoms with Crippen LogP contribution in [0.3, 0.4) is 0 Å². The van der Waals surface area contributed by atoms with Crippen molar-refractivity contribution in [2.45, 2.75) is 6.92 Å². The van der Waals surface area contributed by atoms with E-state index in [1.165, 1.54) is 0 Å². The standard InChI is InChI=1S/C11H11ClN2/c1-8-7-9(3-4-10(8)12)11-13-5-6-14(11)2/h3-7H,1-2H3. The van der Waals surface area contributed by atoms with Crippen LogP contribution in [-0.4, -0.2) is 9.55 Å². The summed E-state index contributed by atoms with van der Waals surface area (Å²) in [6.45, 7) is 1.99. The molecule has 2 nitrogen and oxygen atoms in total. The zero-order chi connectivity index (χ0) is 10.1. The van der Waals surface area contributed by atoms with E-state index in [0.29, 0.717) is 0 Å². The van der Waals surface area contributed by atoms with Gasteiger partial charge in [0.2, 0.25) is 0 Å². The molecule has 3 heteroatoms. The Kier molecular flexibility index (Phi) is 2.30. The van der Waals surface area contributed by atoms with Crippen molar-refractivity contribution in [2.24, 2.45) is 7.05 Å². The Balaban J connectivity index is 2.53. The van der Waals surface area contributed by atoms with Crippen molar-refractivity contribution in [1.82, 2.24) is 9.55 Å². The van der Waals surface area contributed by atoms with Crippen molar-refractivity contribution in [2.75, 3.05) is 0 Å². The fourth-order valence-electron chi connectivity index (χ4n) is 1.43. The molecule has 0 saturated carbocycles. The topological polar surface area (TPSA) is 17.8 Å². The third-order valence-electron chi connectivity index (χ3n) is 2.24. The Morgan fingerprint density at radius 1 is 1.36 bits per heavy atom. The molecule has 0 aliphatic heterocycles. The van der Waals surface area contributed by atoms with Crippen molar-refractivity contribution < 1.29 is 0 Å². The van der Waals surface area contributed by atoms with Gasteiger partial charge in [-0.25, -0.2) is 4.98 Å². The summed E-state index contributed by atoms with van der Waals surface area (Å²) in [5.74, 6) is 0.963. The first-order valence-corrected chi connectivity index (χ1v) is 4.80. The molecule has 0 aliphatic rings. The van der Waals surface area contributed by atoms with Gasteiger partial charge in [-0.1, -0.05) is 11.6 Å². The molecule has 0 saturated heterocycles. The van der Waals surface area contributed by atoms with Crippen LogP contribution < -0.4 is 0 Å². The van der Waals surface area contributed by atoms with Crippen LogP contribution in [0, 0.1) is 6.92 Å². The van der Waals surface area contributed by atoms with E-state index in [2.05, 4.69) is 4.98 Å². The quantitative estimate of drug-likeness (QED) is 0.701. The normalized spacial score (nSPS) is 10.5. The third kappa shape index (κ3) is 1.53. The van der Waals surface area contributed by atoms with Gasteiger partial charge in [-0.3, -0.25) is 0 Å². The van der Waals surface area contributed by atoms with Crippen molar-refractivity contribution in [3.05, 3.63) is 41.2 Å².